The molecule has 3 aliphatic heterocycles. The maximum Gasteiger partial charge on any atom is 0.320 e. The van der Waals surface area contributed by atoms with Gasteiger partial charge in [0.15, 0.2) is 0 Å². The van der Waals surface area contributed by atoms with Crippen LogP contribution in [0.25, 0.3) is 0 Å². The Morgan fingerprint density at radius 1 is 1.35 bits per heavy atom. The normalized spacial score (nSPS) is 43.0. The van der Waals surface area contributed by atoms with Crippen LogP contribution in [0.5, 0.6) is 0 Å². The van der Waals surface area contributed by atoms with Crippen molar-refractivity contribution in [3.63, 3.8) is 0 Å². The summed E-state index contributed by atoms with van der Waals surface area (Å²) in [7, 11) is 0. The first-order valence-electron chi connectivity index (χ1n) is 7.80. The van der Waals surface area contributed by atoms with Crippen molar-refractivity contribution < 1.29 is 19.4 Å². The number of hydrogen-bond donors (Lipinski definition) is 1. The zero-order chi connectivity index (χ0) is 14.2. The second-order valence-electron chi connectivity index (χ2n) is 6.70. The lowest BCUT2D eigenvalue weighted by Crippen LogP contribution is -2.56. The Kier molecular flexibility index (Phi) is 4.02. The fourth-order valence-corrected chi connectivity index (χ4v) is 3.99. The van der Waals surface area contributed by atoms with E-state index in [1.165, 1.54) is 0 Å². The third-order valence-corrected chi connectivity index (χ3v) is 5.19. The Labute approximate surface area is 120 Å². The van der Waals surface area contributed by atoms with Gasteiger partial charge in [0, 0.05) is 25.7 Å². The predicted molar refractivity (Wildman–Crippen MR) is 73.7 cm³/mol. The number of ether oxygens (including phenoxy) is 2. The molecule has 0 aromatic heterocycles. The molecule has 114 valence electrons. The number of nitrogens with zero attached hydrogens (tertiary/aromatic N) is 1. The van der Waals surface area contributed by atoms with Crippen molar-refractivity contribution >= 4 is 5.97 Å². The van der Waals surface area contributed by atoms with Gasteiger partial charge in [0.1, 0.15) is 6.04 Å². The number of carboxylic acids is 1. The second-order valence-corrected chi connectivity index (χ2v) is 6.70. The Balaban J connectivity index is 1.71. The molecule has 20 heavy (non-hydrogen) atoms. The molecule has 1 spiro atoms. The van der Waals surface area contributed by atoms with Gasteiger partial charge in [-0.3, -0.25) is 9.69 Å². The van der Waals surface area contributed by atoms with Gasteiger partial charge in [-0.25, -0.2) is 0 Å². The number of rotatable bonds is 2. The summed E-state index contributed by atoms with van der Waals surface area (Å²) >= 11 is 0. The van der Waals surface area contributed by atoms with Gasteiger partial charge >= 0.3 is 5.97 Å². The minimum Gasteiger partial charge on any atom is -0.480 e. The summed E-state index contributed by atoms with van der Waals surface area (Å²) < 4.78 is 11.5. The first kappa shape index (κ1) is 14.3. The molecule has 0 radical (unpaired) electrons. The topological polar surface area (TPSA) is 59.0 Å². The third-order valence-electron chi connectivity index (χ3n) is 5.19. The van der Waals surface area contributed by atoms with Crippen LogP contribution >= 0.6 is 0 Å². The van der Waals surface area contributed by atoms with E-state index in [0.717, 1.165) is 51.9 Å². The van der Waals surface area contributed by atoms with Crippen molar-refractivity contribution in [3.8, 4) is 0 Å². The summed E-state index contributed by atoms with van der Waals surface area (Å²) in [5.74, 6) is -0.157. The van der Waals surface area contributed by atoms with E-state index in [1.807, 2.05) is 0 Å². The Bertz CT molecular complexity index is 367. The molecular weight excluding hydrogens is 258 g/mol. The zero-order valence-electron chi connectivity index (χ0n) is 12.2. The summed E-state index contributed by atoms with van der Waals surface area (Å²) in [4.78, 5) is 13.8. The van der Waals surface area contributed by atoms with Crippen LogP contribution in [0.1, 0.15) is 39.0 Å². The number of piperidine rings is 1. The molecule has 3 aliphatic rings. The largest absolute Gasteiger partial charge is 0.480 e. The van der Waals surface area contributed by atoms with E-state index in [1.54, 1.807) is 0 Å². The summed E-state index contributed by atoms with van der Waals surface area (Å²) in [5.41, 5.74) is -0.144. The maximum atomic E-state index is 11.6. The first-order chi connectivity index (χ1) is 9.60. The summed E-state index contributed by atoms with van der Waals surface area (Å²) in [6.45, 7) is 5.23. The molecule has 0 amide bonds. The minimum absolute atomic E-state index is 0.144. The van der Waals surface area contributed by atoms with E-state index in [-0.39, 0.29) is 11.6 Å². The minimum atomic E-state index is -0.667. The highest BCUT2D eigenvalue weighted by molar-refractivity contribution is 5.73. The van der Waals surface area contributed by atoms with Gasteiger partial charge in [0.2, 0.25) is 0 Å². The van der Waals surface area contributed by atoms with Crippen LogP contribution in [-0.2, 0) is 14.3 Å². The molecule has 4 atom stereocenters. The Morgan fingerprint density at radius 2 is 2.20 bits per heavy atom. The number of aliphatic carboxylic acids is 1. The lowest BCUT2D eigenvalue weighted by molar-refractivity contribution is -0.153. The van der Waals surface area contributed by atoms with Crippen LogP contribution in [0, 0.1) is 5.92 Å². The average molecular weight is 283 g/mol. The number of likely N-dealkylation sites (tertiary alicyclic amines) is 1. The maximum absolute atomic E-state index is 11.6. The summed E-state index contributed by atoms with van der Waals surface area (Å²) in [6, 6.07) is 0.0141. The highest BCUT2D eigenvalue weighted by atomic mass is 16.6. The molecule has 0 saturated carbocycles. The highest BCUT2D eigenvalue weighted by Crippen LogP contribution is 2.37. The lowest BCUT2D eigenvalue weighted by Gasteiger charge is -2.46. The van der Waals surface area contributed by atoms with Gasteiger partial charge in [-0.2, -0.15) is 0 Å². The van der Waals surface area contributed by atoms with Crippen molar-refractivity contribution in [1.82, 2.24) is 4.90 Å². The van der Waals surface area contributed by atoms with Crippen LogP contribution in [0.2, 0.25) is 0 Å². The summed E-state index contributed by atoms with van der Waals surface area (Å²) in [6.07, 6.45) is 4.69. The van der Waals surface area contributed by atoms with Crippen molar-refractivity contribution in [2.45, 2.75) is 56.7 Å². The second kappa shape index (κ2) is 5.62. The molecule has 5 heteroatoms. The number of carbonyl (C=O) groups is 1. The smallest absolute Gasteiger partial charge is 0.320 e. The fourth-order valence-electron chi connectivity index (χ4n) is 3.99. The van der Waals surface area contributed by atoms with E-state index in [9.17, 15) is 9.90 Å². The van der Waals surface area contributed by atoms with Crippen LogP contribution in [-0.4, -0.2) is 60.0 Å². The van der Waals surface area contributed by atoms with Crippen molar-refractivity contribution in [3.05, 3.63) is 0 Å². The molecule has 0 aromatic carbocycles. The van der Waals surface area contributed by atoms with Gasteiger partial charge in [0.25, 0.3) is 0 Å². The molecule has 3 heterocycles. The van der Waals surface area contributed by atoms with Crippen LogP contribution in [0.15, 0.2) is 0 Å². The molecule has 4 unspecified atom stereocenters. The number of carboxylic acid groups (broad SMARTS) is 1. The van der Waals surface area contributed by atoms with Crippen molar-refractivity contribution in [2.24, 2.45) is 5.92 Å². The van der Waals surface area contributed by atoms with E-state index in [2.05, 4.69) is 11.8 Å². The molecular formula is C15H25NO4. The first-order valence-corrected chi connectivity index (χ1v) is 7.80. The molecule has 3 fully saturated rings. The molecule has 1 N–H and O–H groups in total. The third kappa shape index (κ3) is 2.71. The number of hydrogen-bond acceptors (Lipinski definition) is 4. The molecule has 0 aliphatic carbocycles. The monoisotopic (exact) mass is 283 g/mol. The van der Waals surface area contributed by atoms with Gasteiger partial charge in [0.05, 0.1) is 12.2 Å². The Morgan fingerprint density at radius 3 is 2.90 bits per heavy atom. The highest BCUT2D eigenvalue weighted by Gasteiger charge is 2.45. The SMILES string of the molecule is CC1CCN(C2CCOC3(CCOC3)C2)C(C(=O)O)C1. The molecule has 0 aromatic rings. The van der Waals surface area contributed by atoms with Crippen molar-refractivity contribution in [1.29, 1.82) is 0 Å². The quantitative estimate of drug-likeness (QED) is 0.832. The van der Waals surface area contributed by atoms with E-state index < -0.39 is 5.97 Å². The molecule has 5 nitrogen and oxygen atoms in total. The van der Waals surface area contributed by atoms with Gasteiger partial charge in [-0.15, -0.1) is 0 Å². The summed E-state index contributed by atoms with van der Waals surface area (Å²) in [5, 5.41) is 9.52. The van der Waals surface area contributed by atoms with Gasteiger partial charge in [-0.05, 0) is 38.1 Å². The van der Waals surface area contributed by atoms with Crippen LogP contribution in [0.3, 0.4) is 0 Å². The van der Waals surface area contributed by atoms with E-state index >= 15 is 0 Å². The van der Waals surface area contributed by atoms with Crippen LogP contribution in [0.4, 0.5) is 0 Å². The standard InChI is InChI=1S/C15H25NO4/c1-11-2-5-16(13(8-11)14(17)18)12-3-6-20-15(9-12)4-7-19-10-15/h11-13H,2-10H2,1H3,(H,17,18). The average Bonchev–Trinajstić information content (AvgIpc) is 2.86. The van der Waals surface area contributed by atoms with Crippen molar-refractivity contribution in [2.75, 3.05) is 26.4 Å². The molecule has 0 bridgehead atoms. The zero-order valence-corrected chi connectivity index (χ0v) is 12.2. The van der Waals surface area contributed by atoms with Crippen LogP contribution < -0.4 is 0 Å². The predicted octanol–water partition coefficient (Wildman–Crippen LogP) is 1.51. The van der Waals surface area contributed by atoms with E-state index in [4.69, 9.17) is 9.47 Å². The van der Waals surface area contributed by atoms with E-state index in [0.29, 0.717) is 18.6 Å². The molecule has 3 rings (SSSR count). The van der Waals surface area contributed by atoms with Gasteiger partial charge < -0.3 is 14.6 Å². The molecule has 3 saturated heterocycles. The lowest BCUT2D eigenvalue weighted by atomic mass is 9.85. The van der Waals surface area contributed by atoms with Gasteiger partial charge in [-0.1, -0.05) is 6.92 Å². The Hall–Kier alpha value is -0.650. The fraction of sp³-hybridized carbons (Fsp3) is 0.933.